The number of aromatic nitrogens is 3. The minimum absolute atomic E-state index is 0.889. The van der Waals surface area contributed by atoms with Crippen molar-refractivity contribution in [3.05, 3.63) is 30.9 Å². The van der Waals surface area contributed by atoms with E-state index in [4.69, 9.17) is 0 Å². The Hall–Kier alpha value is -1.64. The van der Waals surface area contributed by atoms with Crippen molar-refractivity contribution < 1.29 is 0 Å². The Morgan fingerprint density at radius 1 is 1.50 bits per heavy atom. The molecule has 0 atom stereocenters. The number of hydrogen-bond acceptors (Lipinski definition) is 2. The van der Waals surface area contributed by atoms with Crippen LogP contribution in [0.4, 0.5) is 0 Å². The van der Waals surface area contributed by atoms with Crippen molar-refractivity contribution in [1.29, 1.82) is 0 Å². The Morgan fingerprint density at radius 3 is 3.08 bits per heavy atom. The molecule has 2 aromatic heterocycles. The molecule has 2 heterocycles. The van der Waals surface area contributed by atoms with Crippen LogP contribution in [0.25, 0.3) is 17.1 Å². The van der Waals surface area contributed by atoms with E-state index in [1.54, 1.807) is 12.4 Å². The maximum atomic E-state index is 4.15. The number of nitrogens with zero attached hydrogens (tertiary/aromatic N) is 3. The third-order valence-electron chi connectivity index (χ3n) is 1.89. The standard InChI is InChI=1S/C9H9N3/c1-3-8-7-4-5-12(2)9(7)11-6-10-8/h3-6H,1H2,2H3. The summed E-state index contributed by atoms with van der Waals surface area (Å²) < 4.78 is 1.96. The molecule has 3 nitrogen and oxygen atoms in total. The van der Waals surface area contributed by atoms with Gasteiger partial charge in [0.15, 0.2) is 0 Å². The zero-order valence-corrected chi connectivity index (χ0v) is 6.86. The van der Waals surface area contributed by atoms with Crippen LogP contribution in [-0.2, 0) is 7.05 Å². The predicted octanol–water partition coefficient (Wildman–Crippen LogP) is 1.61. The summed E-state index contributed by atoms with van der Waals surface area (Å²) in [6.45, 7) is 3.69. The van der Waals surface area contributed by atoms with Crippen molar-refractivity contribution in [2.45, 2.75) is 0 Å². The first-order valence-electron chi connectivity index (χ1n) is 3.71. The Kier molecular flexibility index (Phi) is 1.43. The molecule has 3 heteroatoms. The quantitative estimate of drug-likeness (QED) is 0.633. The molecule has 60 valence electrons. The molecule has 0 amide bonds. The van der Waals surface area contributed by atoms with Crippen molar-refractivity contribution in [1.82, 2.24) is 14.5 Å². The molecule has 0 aliphatic rings. The van der Waals surface area contributed by atoms with Gasteiger partial charge in [-0.2, -0.15) is 0 Å². The lowest BCUT2D eigenvalue weighted by molar-refractivity contribution is 0.943. The van der Waals surface area contributed by atoms with Crippen LogP contribution in [0.5, 0.6) is 0 Å². The fourth-order valence-corrected chi connectivity index (χ4v) is 1.26. The predicted molar refractivity (Wildman–Crippen MR) is 48.6 cm³/mol. The highest BCUT2D eigenvalue weighted by Crippen LogP contribution is 2.15. The zero-order chi connectivity index (χ0) is 8.55. The molecule has 0 spiro atoms. The van der Waals surface area contributed by atoms with Crippen LogP contribution in [-0.4, -0.2) is 14.5 Å². The van der Waals surface area contributed by atoms with Crippen LogP contribution >= 0.6 is 0 Å². The molecule has 0 fully saturated rings. The Labute approximate surface area is 70.4 Å². The van der Waals surface area contributed by atoms with Crippen LogP contribution in [0.15, 0.2) is 25.2 Å². The molecule has 0 aliphatic carbocycles. The molecule has 12 heavy (non-hydrogen) atoms. The average molecular weight is 159 g/mol. The largest absolute Gasteiger partial charge is 0.335 e. The second-order valence-electron chi connectivity index (χ2n) is 2.63. The van der Waals surface area contributed by atoms with E-state index in [1.807, 2.05) is 23.9 Å². The van der Waals surface area contributed by atoms with Gasteiger partial charge >= 0.3 is 0 Å². The van der Waals surface area contributed by atoms with Crippen molar-refractivity contribution in [2.24, 2.45) is 7.05 Å². The van der Waals surface area contributed by atoms with E-state index < -0.39 is 0 Å². The highest BCUT2D eigenvalue weighted by Gasteiger charge is 2.01. The summed E-state index contributed by atoms with van der Waals surface area (Å²) in [6, 6.07) is 1.99. The number of rotatable bonds is 1. The zero-order valence-electron chi connectivity index (χ0n) is 6.86. The van der Waals surface area contributed by atoms with E-state index in [9.17, 15) is 0 Å². The fourth-order valence-electron chi connectivity index (χ4n) is 1.26. The number of aryl methyl sites for hydroxylation is 1. The van der Waals surface area contributed by atoms with E-state index in [0.717, 1.165) is 16.7 Å². The molecule has 0 aromatic carbocycles. The molecule has 0 unspecified atom stereocenters. The molecule has 0 bridgehead atoms. The van der Waals surface area contributed by atoms with Gasteiger partial charge in [0, 0.05) is 18.6 Å². The van der Waals surface area contributed by atoms with Crippen LogP contribution in [0.1, 0.15) is 5.69 Å². The van der Waals surface area contributed by atoms with Gasteiger partial charge in [0.25, 0.3) is 0 Å². The van der Waals surface area contributed by atoms with Crippen molar-refractivity contribution in [3.8, 4) is 0 Å². The smallest absolute Gasteiger partial charge is 0.143 e. The maximum absolute atomic E-state index is 4.15. The molecular weight excluding hydrogens is 150 g/mol. The normalized spacial score (nSPS) is 10.4. The fraction of sp³-hybridized carbons (Fsp3) is 0.111. The summed E-state index contributed by atoms with van der Waals surface area (Å²) in [5, 5.41) is 1.05. The first-order chi connectivity index (χ1) is 5.83. The van der Waals surface area contributed by atoms with Gasteiger partial charge in [-0.3, -0.25) is 0 Å². The van der Waals surface area contributed by atoms with Crippen molar-refractivity contribution in [2.75, 3.05) is 0 Å². The summed E-state index contributed by atoms with van der Waals surface area (Å²) >= 11 is 0. The first-order valence-corrected chi connectivity index (χ1v) is 3.71. The highest BCUT2D eigenvalue weighted by molar-refractivity contribution is 5.83. The summed E-state index contributed by atoms with van der Waals surface area (Å²) in [5.41, 5.74) is 1.83. The summed E-state index contributed by atoms with van der Waals surface area (Å²) in [4.78, 5) is 8.25. The van der Waals surface area contributed by atoms with E-state index in [2.05, 4.69) is 16.5 Å². The van der Waals surface area contributed by atoms with Gasteiger partial charge in [-0.25, -0.2) is 9.97 Å². The molecule has 0 N–H and O–H groups in total. The van der Waals surface area contributed by atoms with Crippen LogP contribution in [0.2, 0.25) is 0 Å². The van der Waals surface area contributed by atoms with E-state index in [1.165, 1.54) is 0 Å². The Morgan fingerprint density at radius 2 is 2.33 bits per heavy atom. The second kappa shape index (κ2) is 2.44. The van der Waals surface area contributed by atoms with Crippen molar-refractivity contribution >= 4 is 17.1 Å². The maximum Gasteiger partial charge on any atom is 0.143 e. The van der Waals surface area contributed by atoms with Gasteiger partial charge in [0.1, 0.15) is 12.0 Å². The van der Waals surface area contributed by atoms with E-state index in [-0.39, 0.29) is 0 Å². The van der Waals surface area contributed by atoms with Crippen LogP contribution in [0.3, 0.4) is 0 Å². The van der Waals surface area contributed by atoms with E-state index >= 15 is 0 Å². The summed E-state index contributed by atoms with van der Waals surface area (Å²) in [6.07, 6.45) is 5.26. The van der Waals surface area contributed by atoms with Gasteiger partial charge in [-0.1, -0.05) is 6.58 Å². The highest BCUT2D eigenvalue weighted by atomic mass is 15.0. The van der Waals surface area contributed by atoms with Crippen LogP contribution < -0.4 is 0 Å². The summed E-state index contributed by atoms with van der Waals surface area (Å²) in [5.74, 6) is 0. The van der Waals surface area contributed by atoms with Gasteiger partial charge < -0.3 is 4.57 Å². The molecule has 0 saturated carbocycles. The average Bonchev–Trinajstić information content (AvgIpc) is 2.48. The van der Waals surface area contributed by atoms with Gasteiger partial charge in [-0.15, -0.1) is 0 Å². The van der Waals surface area contributed by atoms with Gasteiger partial charge in [0.2, 0.25) is 0 Å². The van der Waals surface area contributed by atoms with Crippen LogP contribution in [0, 0.1) is 0 Å². The molecule has 0 radical (unpaired) electrons. The van der Waals surface area contributed by atoms with Crippen molar-refractivity contribution in [3.63, 3.8) is 0 Å². The second-order valence-corrected chi connectivity index (χ2v) is 2.63. The third-order valence-corrected chi connectivity index (χ3v) is 1.89. The molecule has 2 aromatic rings. The molecular formula is C9H9N3. The third kappa shape index (κ3) is 0.830. The lowest BCUT2D eigenvalue weighted by Crippen LogP contribution is -1.90. The van der Waals surface area contributed by atoms with E-state index in [0.29, 0.717) is 0 Å². The lowest BCUT2D eigenvalue weighted by Gasteiger charge is -1.95. The van der Waals surface area contributed by atoms with Gasteiger partial charge in [-0.05, 0) is 12.1 Å². The summed E-state index contributed by atoms with van der Waals surface area (Å²) in [7, 11) is 1.96. The monoisotopic (exact) mass is 159 g/mol. The minimum atomic E-state index is 0.889. The number of fused-ring (bicyclic) bond motifs is 1. The SMILES string of the molecule is C=Cc1ncnc2c1ccn2C. The first kappa shape index (κ1) is 7.03. The number of hydrogen-bond donors (Lipinski definition) is 0. The lowest BCUT2D eigenvalue weighted by atomic mass is 10.3. The van der Waals surface area contributed by atoms with Gasteiger partial charge in [0.05, 0.1) is 5.69 Å². The Balaban J connectivity index is 2.89. The molecule has 0 aliphatic heterocycles. The molecule has 2 rings (SSSR count). The Bertz CT molecular complexity index is 428. The minimum Gasteiger partial charge on any atom is -0.335 e. The topological polar surface area (TPSA) is 30.7 Å². The molecule has 0 saturated heterocycles.